The molecule has 4 rings (SSSR count). The zero-order valence-corrected chi connectivity index (χ0v) is 15.1. The van der Waals surface area contributed by atoms with E-state index in [1.54, 1.807) is 22.7 Å². The van der Waals surface area contributed by atoms with Gasteiger partial charge in [-0.3, -0.25) is 9.59 Å². The molecule has 1 aliphatic heterocycles. The average Bonchev–Trinajstić information content (AvgIpc) is 3.33. The molecule has 2 aromatic rings. The topological polar surface area (TPSA) is 62.3 Å². The first-order valence-electron chi connectivity index (χ1n) is 8.35. The summed E-state index contributed by atoms with van der Waals surface area (Å²) in [7, 11) is 0. The zero-order chi connectivity index (χ0) is 17.4. The van der Waals surface area contributed by atoms with E-state index in [2.05, 4.69) is 10.3 Å². The zero-order valence-electron chi connectivity index (χ0n) is 13.6. The normalized spacial score (nSPS) is 20.0. The Morgan fingerprint density at radius 2 is 2.12 bits per heavy atom. The van der Waals surface area contributed by atoms with Gasteiger partial charge in [-0.05, 0) is 30.2 Å². The van der Waals surface area contributed by atoms with E-state index < -0.39 is 6.04 Å². The van der Waals surface area contributed by atoms with E-state index in [1.165, 1.54) is 12.8 Å². The number of aromatic nitrogens is 1. The summed E-state index contributed by atoms with van der Waals surface area (Å²) < 4.78 is 0. The second-order valence-corrected chi connectivity index (χ2v) is 7.86. The van der Waals surface area contributed by atoms with Crippen molar-refractivity contribution in [3.05, 3.63) is 41.2 Å². The Morgan fingerprint density at radius 3 is 2.92 bits per heavy atom. The number of rotatable bonds is 4. The summed E-state index contributed by atoms with van der Waals surface area (Å²) >= 11 is 7.82. The molecule has 5 nitrogen and oxygen atoms in total. The highest BCUT2D eigenvalue weighted by Crippen LogP contribution is 2.29. The Kier molecular flexibility index (Phi) is 4.56. The van der Waals surface area contributed by atoms with Crippen molar-refractivity contribution in [2.75, 3.05) is 18.2 Å². The van der Waals surface area contributed by atoms with Crippen molar-refractivity contribution in [3.8, 4) is 0 Å². The van der Waals surface area contributed by atoms with Crippen LogP contribution in [0.4, 0.5) is 0 Å². The van der Waals surface area contributed by atoms with Crippen LogP contribution in [0.3, 0.4) is 0 Å². The van der Waals surface area contributed by atoms with Gasteiger partial charge in [-0.1, -0.05) is 35.9 Å². The minimum atomic E-state index is -0.441. The number of halogens is 1. The van der Waals surface area contributed by atoms with E-state index in [0.29, 0.717) is 29.2 Å². The van der Waals surface area contributed by atoms with Crippen molar-refractivity contribution in [1.82, 2.24) is 15.2 Å². The van der Waals surface area contributed by atoms with Crippen LogP contribution in [0.15, 0.2) is 30.3 Å². The molecule has 2 aliphatic rings. The third-order valence-electron chi connectivity index (χ3n) is 4.62. The van der Waals surface area contributed by atoms with Crippen LogP contribution in [-0.2, 0) is 4.79 Å². The van der Waals surface area contributed by atoms with Crippen molar-refractivity contribution in [2.24, 2.45) is 5.92 Å². The van der Waals surface area contributed by atoms with Crippen LogP contribution in [0.1, 0.15) is 23.3 Å². The maximum Gasteiger partial charge on any atom is 0.273 e. The number of hydrogen-bond donors (Lipinski definition) is 1. The Hall–Kier alpha value is -1.79. The summed E-state index contributed by atoms with van der Waals surface area (Å²) in [6.45, 7) is 0.710. The number of amides is 2. The molecule has 0 unspecified atom stereocenters. The van der Waals surface area contributed by atoms with Gasteiger partial charge in [0.1, 0.15) is 16.9 Å². The highest BCUT2D eigenvalue weighted by Gasteiger charge is 2.36. The number of nitrogens with one attached hydrogen (secondary N) is 1. The lowest BCUT2D eigenvalue weighted by atomic mass is 10.1. The summed E-state index contributed by atoms with van der Waals surface area (Å²) in [6.07, 6.45) is 2.36. The molecule has 1 aromatic heterocycles. The average molecular weight is 376 g/mol. The van der Waals surface area contributed by atoms with Crippen molar-refractivity contribution >= 4 is 45.9 Å². The van der Waals surface area contributed by atoms with Crippen LogP contribution in [0, 0.1) is 5.92 Å². The second kappa shape index (κ2) is 6.84. The largest absolute Gasteiger partial charge is 0.354 e. The van der Waals surface area contributed by atoms with Crippen LogP contribution in [-0.4, -0.2) is 45.9 Å². The van der Waals surface area contributed by atoms with Crippen molar-refractivity contribution in [3.63, 3.8) is 0 Å². The number of carbonyl (C=O) groups excluding carboxylic acids is 2. The van der Waals surface area contributed by atoms with Crippen molar-refractivity contribution < 1.29 is 9.59 Å². The van der Waals surface area contributed by atoms with Crippen molar-refractivity contribution in [1.29, 1.82) is 0 Å². The van der Waals surface area contributed by atoms with Crippen LogP contribution in [0.25, 0.3) is 10.8 Å². The van der Waals surface area contributed by atoms with E-state index in [9.17, 15) is 9.59 Å². The van der Waals surface area contributed by atoms with Crippen LogP contribution in [0.5, 0.6) is 0 Å². The summed E-state index contributed by atoms with van der Waals surface area (Å²) in [4.78, 5) is 31.2. The predicted molar refractivity (Wildman–Crippen MR) is 99.8 cm³/mol. The van der Waals surface area contributed by atoms with Gasteiger partial charge in [0.25, 0.3) is 5.91 Å². The number of nitrogens with zero attached hydrogens (tertiary/aromatic N) is 2. The molecular weight excluding hydrogens is 358 g/mol. The Morgan fingerprint density at radius 1 is 1.32 bits per heavy atom. The number of benzene rings is 1. The fraction of sp³-hybridized carbons (Fsp3) is 0.389. The number of pyridine rings is 1. The SMILES string of the molecule is O=C(NCC1CC1)[C@H]1CSCN1C(=O)c1cc2ccccc2c(Cl)n1. The molecule has 7 heteroatoms. The van der Waals surface area contributed by atoms with E-state index in [1.807, 2.05) is 24.3 Å². The molecule has 25 heavy (non-hydrogen) atoms. The van der Waals surface area contributed by atoms with E-state index in [-0.39, 0.29) is 17.5 Å². The highest BCUT2D eigenvalue weighted by atomic mass is 35.5. The first-order chi connectivity index (χ1) is 12.1. The lowest BCUT2D eigenvalue weighted by Gasteiger charge is -2.23. The Labute approximate surface area is 155 Å². The minimum absolute atomic E-state index is 0.0721. The van der Waals surface area contributed by atoms with E-state index in [0.717, 1.165) is 10.8 Å². The highest BCUT2D eigenvalue weighted by molar-refractivity contribution is 7.99. The van der Waals surface area contributed by atoms with Crippen LogP contribution in [0.2, 0.25) is 5.15 Å². The lowest BCUT2D eigenvalue weighted by molar-refractivity contribution is -0.124. The molecule has 1 N–H and O–H groups in total. The second-order valence-electron chi connectivity index (χ2n) is 6.50. The van der Waals surface area contributed by atoms with E-state index >= 15 is 0 Å². The summed E-state index contributed by atoms with van der Waals surface area (Å²) in [6, 6.07) is 8.85. The van der Waals surface area contributed by atoms with Gasteiger partial charge in [0.15, 0.2) is 0 Å². The Balaban J connectivity index is 1.55. The number of fused-ring (bicyclic) bond motifs is 1. The summed E-state index contributed by atoms with van der Waals surface area (Å²) in [5.41, 5.74) is 0.284. The van der Waals surface area contributed by atoms with Gasteiger partial charge in [-0.25, -0.2) is 4.98 Å². The first kappa shape index (κ1) is 16.7. The molecule has 1 atom stereocenters. The van der Waals surface area contributed by atoms with Gasteiger partial charge in [0.2, 0.25) is 5.91 Å². The molecule has 1 saturated carbocycles. The third kappa shape index (κ3) is 3.46. The third-order valence-corrected chi connectivity index (χ3v) is 5.92. The maximum absolute atomic E-state index is 12.9. The minimum Gasteiger partial charge on any atom is -0.354 e. The predicted octanol–water partition coefficient (Wildman–Crippen LogP) is 2.93. The monoisotopic (exact) mass is 375 g/mol. The van der Waals surface area contributed by atoms with Gasteiger partial charge in [-0.2, -0.15) is 0 Å². The van der Waals surface area contributed by atoms with Gasteiger partial charge < -0.3 is 10.2 Å². The summed E-state index contributed by atoms with van der Waals surface area (Å²) in [5, 5.41) is 4.96. The summed E-state index contributed by atoms with van der Waals surface area (Å²) in [5.74, 6) is 1.40. The van der Waals surface area contributed by atoms with Crippen molar-refractivity contribution in [2.45, 2.75) is 18.9 Å². The molecule has 2 heterocycles. The smallest absolute Gasteiger partial charge is 0.273 e. The first-order valence-corrected chi connectivity index (χ1v) is 9.88. The molecule has 130 valence electrons. The number of carbonyl (C=O) groups is 2. The molecule has 1 saturated heterocycles. The van der Waals surface area contributed by atoms with Gasteiger partial charge in [0, 0.05) is 17.7 Å². The van der Waals surface area contributed by atoms with Gasteiger partial charge in [-0.15, -0.1) is 11.8 Å². The lowest BCUT2D eigenvalue weighted by Crippen LogP contribution is -2.47. The molecule has 1 aromatic carbocycles. The van der Waals surface area contributed by atoms with Crippen LogP contribution >= 0.6 is 23.4 Å². The van der Waals surface area contributed by atoms with Gasteiger partial charge >= 0.3 is 0 Å². The quantitative estimate of drug-likeness (QED) is 0.834. The molecular formula is C18H18ClN3O2S. The molecule has 2 fully saturated rings. The van der Waals surface area contributed by atoms with Gasteiger partial charge in [0.05, 0.1) is 5.88 Å². The Bertz CT molecular complexity index is 840. The maximum atomic E-state index is 12.9. The molecule has 2 amide bonds. The fourth-order valence-corrected chi connectivity index (χ4v) is 4.37. The molecule has 0 bridgehead atoms. The number of thioether (sulfide) groups is 1. The molecule has 0 spiro atoms. The van der Waals surface area contributed by atoms with E-state index in [4.69, 9.17) is 11.6 Å². The fourth-order valence-electron chi connectivity index (χ4n) is 2.96. The van der Waals surface area contributed by atoms with Crippen LogP contribution < -0.4 is 5.32 Å². The standard InChI is InChI=1S/C18H18ClN3O2S/c19-16-13-4-2-1-3-12(13)7-14(21-16)18(24)22-10-25-9-15(22)17(23)20-8-11-5-6-11/h1-4,7,11,15H,5-6,8-10H2,(H,20,23)/t15-/m1/s1. The molecule has 1 aliphatic carbocycles. The number of hydrogen-bond acceptors (Lipinski definition) is 4. The molecule has 0 radical (unpaired) electrons.